The Morgan fingerprint density at radius 1 is 0.370 bits per heavy atom. The molecule has 0 amide bonds. The van der Waals surface area contributed by atoms with Crippen LogP contribution in [0.3, 0.4) is 0 Å². The lowest BCUT2D eigenvalue weighted by Gasteiger charge is -2.28. The first-order valence-corrected chi connectivity index (χ1v) is 37.4. The first kappa shape index (κ1) is 79.8. The van der Waals surface area contributed by atoms with Crippen molar-refractivity contribution < 1.29 is 42.1 Å². The minimum atomic E-state index is -4.64. The van der Waals surface area contributed by atoms with Gasteiger partial charge in [-0.25, -0.2) is 0 Å². The topological polar surface area (TPSA) is 111 Å². The zero-order chi connectivity index (χ0) is 59.1. The fourth-order valence-electron chi connectivity index (χ4n) is 11.0. The number of hydrogen-bond donors (Lipinski definition) is 0. The van der Waals surface area contributed by atoms with E-state index in [1.165, 1.54) is 308 Å². The van der Waals surface area contributed by atoms with Gasteiger partial charge in [0.05, 0.1) is 27.7 Å². The zero-order valence-corrected chi connectivity index (χ0v) is 55.9. The summed E-state index contributed by atoms with van der Waals surface area (Å²) in [6, 6.07) is 0. The van der Waals surface area contributed by atoms with Gasteiger partial charge in [0.15, 0.2) is 6.10 Å². The molecular weight excluding hydrogens is 1030 g/mol. The van der Waals surface area contributed by atoms with E-state index in [0.29, 0.717) is 17.4 Å². The third-order valence-electron chi connectivity index (χ3n) is 16.5. The summed E-state index contributed by atoms with van der Waals surface area (Å²) >= 11 is 0. The highest BCUT2D eigenvalue weighted by Crippen LogP contribution is 2.38. The summed E-state index contributed by atoms with van der Waals surface area (Å²) in [5.41, 5.74) is 0. The Kier molecular flexibility index (Phi) is 62.3. The van der Waals surface area contributed by atoms with E-state index < -0.39 is 26.5 Å². The van der Waals surface area contributed by atoms with Gasteiger partial charge >= 0.3 is 11.9 Å². The van der Waals surface area contributed by atoms with E-state index in [2.05, 4.69) is 26.0 Å². The second-order valence-electron chi connectivity index (χ2n) is 26.0. The number of likely N-dealkylation sites (N-methyl/N-ethyl adjacent to an activating group) is 1. The highest BCUT2D eigenvalue weighted by molar-refractivity contribution is 7.45. The summed E-state index contributed by atoms with van der Waals surface area (Å²) < 4.78 is 34.3. The maximum Gasteiger partial charge on any atom is 0.306 e. The number of rotatable bonds is 68. The van der Waals surface area contributed by atoms with Crippen LogP contribution in [0.15, 0.2) is 12.2 Å². The van der Waals surface area contributed by atoms with Crippen molar-refractivity contribution in [3.8, 4) is 0 Å². The quantitative estimate of drug-likeness (QED) is 0.0195. The first-order chi connectivity index (χ1) is 39.5. The summed E-state index contributed by atoms with van der Waals surface area (Å²) in [5.74, 6) is -0.813. The minimum Gasteiger partial charge on any atom is -0.756 e. The van der Waals surface area contributed by atoms with Gasteiger partial charge in [-0.3, -0.25) is 14.2 Å². The van der Waals surface area contributed by atoms with Crippen LogP contribution in [0.1, 0.15) is 380 Å². The molecular formula is C71H140NO8P. The van der Waals surface area contributed by atoms with E-state index in [4.69, 9.17) is 18.5 Å². The van der Waals surface area contributed by atoms with Crippen LogP contribution in [0, 0.1) is 0 Å². The van der Waals surface area contributed by atoms with E-state index in [9.17, 15) is 19.0 Å². The fourth-order valence-corrected chi connectivity index (χ4v) is 11.7. The number of nitrogens with zero attached hydrogens (tertiary/aromatic N) is 1. The maximum atomic E-state index is 12.8. The number of allylic oxidation sites excluding steroid dienone is 2. The Bertz CT molecular complexity index is 1370. The predicted molar refractivity (Wildman–Crippen MR) is 347 cm³/mol. The summed E-state index contributed by atoms with van der Waals surface area (Å²) in [7, 11) is 1.19. The Morgan fingerprint density at radius 2 is 0.630 bits per heavy atom. The summed E-state index contributed by atoms with van der Waals surface area (Å²) in [4.78, 5) is 38.0. The number of quaternary nitrogens is 1. The van der Waals surface area contributed by atoms with Crippen molar-refractivity contribution in [2.45, 2.75) is 386 Å². The third kappa shape index (κ3) is 67.7. The van der Waals surface area contributed by atoms with E-state index in [0.717, 1.165) is 38.5 Å². The van der Waals surface area contributed by atoms with Crippen LogP contribution in [0.2, 0.25) is 0 Å². The van der Waals surface area contributed by atoms with Crippen molar-refractivity contribution in [2.75, 3.05) is 47.5 Å². The number of ether oxygens (including phenoxy) is 2. The molecule has 0 saturated carbocycles. The monoisotopic (exact) mass is 1170 g/mol. The largest absolute Gasteiger partial charge is 0.756 e. The second-order valence-corrected chi connectivity index (χ2v) is 27.4. The Morgan fingerprint density at radius 3 is 0.914 bits per heavy atom. The van der Waals surface area contributed by atoms with Crippen LogP contribution in [0.4, 0.5) is 0 Å². The average Bonchev–Trinajstić information content (AvgIpc) is 3.44. The molecule has 10 heteroatoms. The zero-order valence-electron chi connectivity index (χ0n) is 55.0. The van der Waals surface area contributed by atoms with Crippen molar-refractivity contribution >= 4 is 19.8 Å². The number of phosphoric ester groups is 1. The second kappa shape index (κ2) is 63.3. The Labute approximate surface area is 505 Å². The molecule has 0 rings (SSSR count). The lowest BCUT2D eigenvalue weighted by molar-refractivity contribution is -0.870. The molecule has 0 spiro atoms. The standard InChI is InChI=1S/C71H140NO8P/c1-6-8-10-12-14-16-18-20-22-24-26-27-28-29-30-31-32-33-34-35-36-37-38-39-40-41-42-43-44-46-47-49-51-53-55-57-59-61-63-70(73)77-67-69(68-79-81(75,76)78-66-65-72(3,4)5)80-71(74)64-62-60-58-56-54-52-50-48-45-25-23-21-19-17-15-13-11-9-7-2/h21,23,69H,6-20,22,24-68H2,1-5H3/b23-21-. The van der Waals surface area contributed by atoms with Gasteiger partial charge in [-0.05, 0) is 38.5 Å². The van der Waals surface area contributed by atoms with Crippen molar-refractivity contribution in [3.05, 3.63) is 12.2 Å². The van der Waals surface area contributed by atoms with Crippen molar-refractivity contribution in [3.63, 3.8) is 0 Å². The number of carbonyl (C=O) groups is 2. The molecule has 0 aromatic rings. The molecule has 0 aliphatic rings. The molecule has 0 bridgehead atoms. The molecule has 9 nitrogen and oxygen atoms in total. The number of phosphoric acid groups is 1. The van der Waals surface area contributed by atoms with Gasteiger partial charge in [-0.1, -0.05) is 341 Å². The lowest BCUT2D eigenvalue weighted by atomic mass is 10.0. The maximum absolute atomic E-state index is 12.8. The summed E-state index contributed by atoms with van der Waals surface area (Å²) in [6.07, 6.45) is 77.5. The molecule has 0 aromatic heterocycles. The average molecular weight is 1170 g/mol. The van der Waals surface area contributed by atoms with Crippen LogP contribution in [0.25, 0.3) is 0 Å². The molecule has 2 atom stereocenters. The fraction of sp³-hybridized carbons (Fsp3) is 0.944. The van der Waals surface area contributed by atoms with Gasteiger partial charge in [-0.2, -0.15) is 0 Å². The van der Waals surface area contributed by atoms with Crippen LogP contribution in [-0.2, 0) is 32.7 Å². The number of carbonyl (C=O) groups excluding carboxylic acids is 2. The molecule has 0 N–H and O–H groups in total. The molecule has 0 aliphatic heterocycles. The number of esters is 2. The number of unbranched alkanes of at least 4 members (excludes halogenated alkanes) is 52. The first-order valence-electron chi connectivity index (χ1n) is 35.9. The normalized spacial score (nSPS) is 13.1. The summed E-state index contributed by atoms with van der Waals surface area (Å²) in [6.45, 7) is 4.31. The van der Waals surface area contributed by atoms with E-state index in [1.54, 1.807) is 0 Å². The molecule has 0 heterocycles. The molecule has 0 fully saturated rings. The van der Waals surface area contributed by atoms with E-state index in [1.807, 2.05) is 21.1 Å². The van der Waals surface area contributed by atoms with Gasteiger partial charge in [0, 0.05) is 12.8 Å². The van der Waals surface area contributed by atoms with Crippen LogP contribution < -0.4 is 4.89 Å². The Balaban J connectivity index is 3.87. The van der Waals surface area contributed by atoms with Crippen LogP contribution >= 0.6 is 7.82 Å². The Hall–Kier alpha value is -1.25. The SMILES string of the molecule is CCCCCCCC/C=C\CCCCCCCCCCCC(=O)OC(COC(=O)CCCCCCCCCCCCCCCCCCCCCCCCCCCCCCCCCCCCCCCC)COP(=O)([O-])OCC[N+](C)(C)C. The minimum absolute atomic E-state index is 0.0273. The van der Waals surface area contributed by atoms with E-state index in [-0.39, 0.29) is 32.0 Å². The van der Waals surface area contributed by atoms with Gasteiger partial charge < -0.3 is 27.9 Å². The lowest BCUT2D eigenvalue weighted by Crippen LogP contribution is -2.37. The van der Waals surface area contributed by atoms with Crippen molar-refractivity contribution in [2.24, 2.45) is 0 Å². The molecule has 0 radical (unpaired) electrons. The van der Waals surface area contributed by atoms with Crippen LogP contribution in [-0.4, -0.2) is 70.0 Å². The molecule has 0 saturated heterocycles. The molecule has 2 unspecified atom stereocenters. The third-order valence-corrected chi connectivity index (χ3v) is 17.5. The molecule has 0 aliphatic carbocycles. The smallest absolute Gasteiger partial charge is 0.306 e. The predicted octanol–water partition coefficient (Wildman–Crippen LogP) is 22.5. The molecule has 0 aromatic carbocycles. The number of hydrogen-bond acceptors (Lipinski definition) is 8. The van der Waals surface area contributed by atoms with Gasteiger partial charge in [-0.15, -0.1) is 0 Å². The highest BCUT2D eigenvalue weighted by atomic mass is 31.2. The van der Waals surface area contributed by atoms with Gasteiger partial charge in [0.1, 0.15) is 19.8 Å². The molecule has 482 valence electrons. The van der Waals surface area contributed by atoms with Crippen molar-refractivity contribution in [1.29, 1.82) is 0 Å². The molecule has 81 heavy (non-hydrogen) atoms. The van der Waals surface area contributed by atoms with E-state index >= 15 is 0 Å². The van der Waals surface area contributed by atoms with Crippen molar-refractivity contribution in [1.82, 2.24) is 0 Å². The van der Waals surface area contributed by atoms with Gasteiger partial charge in [0.25, 0.3) is 7.82 Å². The highest BCUT2D eigenvalue weighted by Gasteiger charge is 2.22. The van der Waals surface area contributed by atoms with Crippen LogP contribution in [0.5, 0.6) is 0 Å². The van der Waals surface area contributed by atoms with Gasteiger partial charge in [0.2, 0.25) is 0 Å². The summed E-state index contributed by atoms with van der Waals surface area (Å²) in [5, 5.41) is 0.